The minimum Gasteiger partial charge on any atom is -0.498 e. The van der Waals surface area contributed by atoms with Gasteiger partial charge in [-0.2, -0.15) is 0 Å². The molecule has 0 heterocycles. The summed E-state index contributed by atoms with van der Waals surface area (Å²) in [6.45, 7) is 2.18. The highest BCUT2D eigenvalue weighted by molar-refractivity contribution is 5.17. The van der Waals surface area contributed by atoms with Crippen LogP contribution in [0.4, 0.5) is 0 Å². The summed E-state index contributed by atoms with van der Waals surface area (Å²) in [5.41, 5.74) is -0.182. The largest absolute Gasteiger partial charge is 0.498 e. The van der Waals surface area contributed by atoms with Crippen molar-refractivity contribution in [2.75, 3.05) is 14.2 Å². The lowest BCUT2D eigenvalue weighted by molar-refractivity contribution is -0.0856. The first kappa shape index (κ1) is 11.0. The molecule has 0 saturated heterocycles. The molecule has 3 unspecified atom stereocenters. The predicted octanol–water partition coefficient (Wildman–Crippen LogP) is 3.13. The molecule has 86 valence electrons. The second-order valence-electron chi connectivity index (χ2n) is 4.97. The first-order valence-corrected chi connectivity index (χ1v) is 6.02. The summed E-state index contributed by atoms with van der Waals surface area (Å²) in [5, 5.41) is 0. The molecule has 2 heteroatoms. The van der Waals surface area contributed by atoms with E-state index in [2.05, 4.69) is 13.0 Å². The van der Waals surface area contributed by atoms with E-state index in [1.54, 1.807) is 7.11 Å². The van der Waals surface area contributed by atoms with Crippen molar-refractivity contribution in [3.63, 3.8) is 0 Å². The van der Waals surface area contributed by atoms with E-state index in [4.69, 9.17) is 9.47 Å². The van der Waals surface area contributed by atoms with Gasteiger partial charge in [-0.1, -0.05) is 12.8 Å². The number of hydrogen-bond donors (Lipinski definition) is 0. The van der Waals surface area contributed by atoms with Crippen LogP contribution in [0.2, 0.25) is 0 Å². The van der Waals surface area contributed by atoms with Crippen LogP contribution in [-0.4, -0.2) is 19.8 Å². The van der Waals surface area contributed by atoms with Crippen LogP contribution < -0.4 is 0 Å². The molecule has 3 atom stereocenters. The SMILES string of the molecule is COC1=CCC2CCCCC2C1(C)OC. The van der Waals surface area contributed by atoms with Crippen LogP contribution in [0.25, 0.3) is 0 Å². The van der Waals surface area contributed by atoms with Crippen molar-refractivity contribution in [2.45, 2.75) is 44.6 Å². The summed E-state index contributed by atoms with van der Waals surface area (Å²) >= 11 is 0. The van der Waals surface area contributed by atoms with Gasteiger partial charge in [-0.05, 0) is 44.1 Å². The molecule has 0 aromatic heterocycles. The fraction of sp³-hybridized carbons (Fsp3) is 0.846. The van der Waals surface area contributed by atoms with E-state index in [9.17, 15) is 0 Å². The van der Waals surface area contributed by atoms with Gasteiger partial charge in [-0.25, -0.2) is 0 Å². The number of hydrogen-bond acceptors (Lipinski definition) is 2. The Morgan fingerprint density at radius 3 is 2.67 bits per heavy atom. The summed E-state index contributed by atoms with van der Waals surface area (Å²) in [5.74, 6) is 2.49. The van der Waals surface area contributed by atoms with E-state index in [1.165, 1.54) is 32.1 Å². The van der Waals surface area contributed by atoms with Crippen LogP contribution >= 0.6 is 0 Å². The lowest BCUT2D eigenvalue weighted by Gasteiger charge is -2.46. The summed E-state index contributed by atoms with van der Waals surface area (Å²) < 4.78 is 11.2. The van der Waals surface area contributed by atoms with Gasteiger partial charge in [0.25, 0.3) is 0 Å². The quantitative estimate of drug-likeness (QED) is 0.697. The third-order valence-electron chi connectivity index (χ3n) is 4.36. The third kappa shape index (κ3) is 1.69. The van der Waals surface area contributed by atoms with Crippen molar-refractivity contribution in [2.24, 2.45) is 11.8 Å². The van der Waals surface area contributed by atoms with Gasteiger partial charge in [-0.15, -0.1) is 0 Å². The van der Waals surface area contributed by atoms with Crippen LogP contribution in [0.15, 0.2) is 11.8 Å². The molecule has 0 radical (unpaired) electrons. The molecule has 2 aliphatic rings. The number of methoxy groups -OCH3 is 2. The van der Waals surface area contributed by atoms with Crippen molar-refractivity contribution in [3.8, 4) is 0 Å². The molecule has 1 fully saturated rings. The molecular formula is C13H22O2. The van der Waals surface area contributed by atoms with Gasteiger partial charge in [0.05, 0.1) is 7.11 Å². The molecule has 0 aromatic rings. The van der Waals surface area contributed by atoms with Crippen molar-refractivity contribution in [1.82, 2.24) is 0 Å². The highest BCUT2D eigenvalue weighted by atomic mass is 16.5. The van der Waals surface area contributed by atoms with Crippen LogP contribution in [-0.2, 0) is 9.47 Å². The third-order valence-corrected chi connectivity index (χ3v) is 4.36. The molecule has 0 aliphatic heterocycles. The molecule has 2 rings (SSSR count). The van der Waals surface area contributed by atoms with Crippen molar-refractivity contribution < 1.29 is 9.47 Å². The normalized spacial score (nSPS) is 40.6. The topological polar surface area (TPSA) is 18.5 Å². The van der Waals surface area contributed by atoms with Crippen molar-refractivity contribution in [3.05, 3.63) is 11.8 Å². The summed E-state index contributed by atoms with van der Waals surface area (Å²) in [6.07, 6.45) is 8.78. The number of allylic oxidation sites excluding steroid dienone is 1. The first-order chi connectivity index (χ1) is 7.22. The Labute approximate surface area is 92.6 Å². The Morgan fingerprint density at radius 2 is 2.00 bits per heavy atom. The Hall–Kier alpha value is -0.500. The van der Waals surface area contributed by atoms with E-state index in [-0.39, 0.29) is 5.60 Å². The van der Waals surface area contributed by atoms with Gasteiger partial charge < -0.3 is 9.47 Å². The Bertz CT molecular complexity index is 259. The number of ether oxygens (including phenoxy) is 2. The highest BCUT2D eigenvalue weighted by Crippen LogP contribution is 2.47. The molecule has 1 saturated carbocycles. The van der Waals surface area contributed by atoms with Gasteiger partial charge in [0.2, 0.25) is 0 Å². The molecule has 0 aromatic carbocycles. The smallest absolute Gasteiger partial charge is 0.124 e. The monoisotopic (exact) mass is 210 g/mol. The Morgan fingerprint density at radius 1 is 1.27 bits per heavy atom. The molecule has 0 spiro atoms. The van der Waals surface area contributed by atoms with Crippen LogP contribution in [0.3, 0.4) is 0 Å². The van der Waals surface area contributed by atoms with Gasteiger partial charge in [0.1, 0.15) is 11.4 Å². The molecule has 15 heavy (non-hydrogen) atoms. The van der Waals surface area contributed by atoms with Crippen molar-refractivity contribution in [1.29, 1.82) is 0 Å². The second-order valence-corrected chi connectivity index (χ2v) is 4.97. The van der Waals surface area contributed by atoms with Gasteiger partial charge in [0.15, 0.2) is 0 Å². The predicted molar refractivity (Wildman–Crippen MR) is 60.6 cm³/mol. The minimum atomic E-state index is -0.182. The fourth-order valence-corrected chi connectivity index (χ4v) is 3.40. The van der Waals surface area contributed by atoms with Gasteiger partial charge >= 0.3 is 0 Å². The maximum Gasteiger partial charge on any atom is 0.124 e. The molecule has 2 aliphatic carbocycles. The molecule has 0 amide bonds. The van der Waals surface area contributed by atoms with Gasteiger partial charge in [0, 0.05) is 7.11 Å². The number of rotatable bonds is 2. The van der Waals surface area contributed by atoms with Crippen LogP contribution in [0.5, 0.6) is 0 Å². The number of fused-ring (bicyclic) bond motifs is 1. The van der Waals surface area contributed by atoms with Crippen molar-refractivity contribution >= 4 is 0 Å². The highest BCUT2D eigenvalue weighted by Gasteiger charge is 2.46. The maximum absolute atomic E-state index is 5.76. The maximum atomic E-state index is 5.76. The van der Waals surface area contributed by atoms with Crippen LogP contribution in [0, 0.1) is 11.8 Å². The average molecular weight is 210 g/mol. The Kier molecular flexibility index (Phi) is 3.06. The average Bonchev–Trinajstić information content (AvgIpc) is 2.30. The summed E-state index contributed by atoms with van der Waals surface area (Å²) in [4.78, 5) is 0. The zero-order valence-electron chi connectivity index (χ0n) is 10.1. The lowest BCUT2D eigenvalue weighted by Crippen LogP contribution is -2.46. The zero-order chi connectivity index (χ0) is 10.9. The lowest BCUT2D eigenvalue weighted by atomic mass is 9.65. The second kappa shape index (κ2) is 4.17. The van der Waals surface area contributed by atoms with Crippen LogP contribution in [0.1, 0.15) is 39.0 Å². The standard InChI is InChI=1S/C13H22O2/c1-13(15-3)11-7-5-4-6-10(11)8-9-12(13)14-2/h9-11H,4-8H2,1-3H3. The zero-order valence-corrected chi connectivity index (χ0v) is 10.1. The first-order valence-electron chi connectivity index (χ1n) is 6.02. The van der Waals surface area contributed by atoms with E-state index in [0.29, 0.717) is 5.92 Å². The van der Waals surface area contributed by atoms with E-state index >= 15 is 0 Å². The molecule has 0 N–H and O–H groups in total. The molecular weight excluding hydrogens is 188 g/mol. The molecule has 0 bridgehead atoms. The summed E-state index contributed by atoms with van der Waals surface area (Å²) in [6, 6.07) is 0. The van der Waals surface area contributed by atoms with Gasteiger partial charge in [-0.3, -0.25) is 0 Å². The molecule has 2 nitrogen and oxygen atoms in total. The Balaban J connectivity index is 2.28. The van der Waals surface area contributed by atoms with E-state index < -0.39 is 0 Å². The minimum absolute atomic E-state index is 0.182. The summed E-state index contributed by atoms with van der Waals surface area (Å²) in [7, 11) is 3.57. The fourth-order valence-electron chi connectivity index (χ4n) is 3.40. The van der Waals surface area contributed by atoms with E-state index in [1.807, 2.05) is 7.11 Å². The van der Waals surface area contributed by atoms with E-state index in [0.717, 1.165) is 11.7 Å².